The molecule has 0 radical (unpaired) electrons. The van der Waals surface area contributed by atoms with Crippen LogP contribution >= 0.6 is 0 Å². The first-order valence-electron chi connectivity index (χ1n) is 8.44. The van der Waals surface area contributed by atoms with Crippen molar-refractivity contribution in [3.63, 3.8) is 0 Å². The summed E-state index contributed by atoms with van der Waals surface area (Å²) in [6.07, 6.45) is 2.66. The number of fused-ring (bicyclic) bond motifs is 1. The van der Waals surface area contributed by atoms with Crippen molar-refractivity contribution in [2.75, 3.05) is 0 Å². The van der Waals surface area contributed by atoms with E-state index in [0.29, 0.717) is 22.6 Å². The van der Waals surface area contributed by atoms with Gasteiger partial charge in [-0.3, -0.25) is 4.79 Å². The first-order valence-corrected chi connectivity index (χ1v) is 8.44. The molecule has 26 heavy (non-hydrogen) atoms. The highest BCUT2D eigenvalue weighted by molar-refractivity contribution is 6.01. The van der Waals surface area contributed by atoms with E-state index in [1.165, 1.54) is 12.2 Å². The molecule has 1 heterocycles. The standard InChI is InChI=1S/C21H19NO4/c1-3-15-8-10-16(11-9-15)21(24)14(2)25-20(23)13-12-19-22-17-6-4-5-7-18(17)26-19/h4-14H,3H2,1-2H3/b13-12+/t14-/m1/s1. The smallest absolute Gasteiger partial charge is 0.331 e. The number of benzene rings is 2. The van der Waals surface area contributed by atoms with Gasteiger partial charge in [0.25, 0.3) is 0 Å². The third-order valence-corrected chi connectivity index (χ3v) is 3.98. The normalized spacial score (nSPS) is 12.4. The number of carbonyl (C=O) groups is 2. The SMILES string of the molecule is CCc1ccc(C(=O)[C@@H](C)OC(=O)/C=C/c2nc3ccccc3o2)cc1. The van der Waals surface area contributed by atoms with Crippen molar-refractivity contribution < 1.29 is 18.7 Å². The third-order valence-electron chi connectivity index (χ3n) is 3.98. The summed E-state index contributed by atoms with van der Waals surface area (Å²) in [5, 5.41) is 0. The molecule has 132 valence electrons. The van der Waals surface area contributed by atoms with E-state index in [2.05, 4.69) is 4.98 Å². The van der Waals surface area contributed by atoms with Gasteiger partial charge >= 0.3 is 5.97 Å². The lowest BCUT2D eigenvalue weighted by Crippen LogP contribution is -2.23. The van der Waals surface area contributed by atoms with Gasteiger partial charge in [0.1, 0.15) is 5.52 Å². The Balaban J connectivity index is 1.61. The van der Waals surface area contributed by atoms with Crippen molar-refractivity contribution in [1.82, 2.24) is 4.98 Å². The second kappa shape index (κ2) is 7.78. The van der Waals surface area contributed by atoms with Crippen LogP contribution in [0.3, 0.4) is 0 Å². The molecule has 0 aliphatic rings. The van der Waals surface area contributed by atoms with Crippen molar-refractivity contribution >= 4 is 28.9 Å². The third kappa shape index (κ3) is 4.06. The number of ketones is 1. The Morgan fingerprint density at radius 1 is 1.15 bits per heavy atom. The number of nitrogens with zero attached hydrogens (tertiary/aromatic N) is 1. The summed E-state index contributed by atoms with van der Waals surface area (Å²) >= 11 is 0. The molecular formula is C21H19NO4. The van der Waals surface area contributed by atoms with Gasteiger partial charge in [-0.25, -0.2) is 9.78 Å². The Hall–Kier alpha value is -3.21. The molecule has 1 aromatic heterocycles. The fourth-order valence-corrected chi connectivity index (χ4v) is 2.51. The van der Waals surface area contributed by atoms with Crippen LogP contribution in [-0.4, -0.2) is 22.8 Å². The molecule has 0 aliphatic carbocycles. The second-order valence-electron chi connectivity index (χ2n) is 5.85. The molecule has 0 saturated carbocycles. The van der Waals surface area contributed by atoms with Crippen molar-refractivity contribution in [2.45, 2.75) is 26.4 Å². The minimum absolute atomic E-state index is 0.240. The van der Waals surface area contributed by atoms with Gasteiger partial charge in [0, 0.05) is 17.7 Å². The zero-order chi connectivity index (χ0) is 18.5. The number of aryl methyl sites for hydroxylation is 1. The summed E-state index contributed by atoms with van der Waals surface area (Å²) in [5.74, 6) is -0.563. The highest BCUT2D eigenvalue weighted by atomic mass is 16.5. The van der Waals surface area contributed by atoms with E-state index in [1.807, 2.05) is 37.3 Å². The van der Waals surface area contributed by atoms with Gasteiger partial charge in [0.15, 0.2) is 11.7 Å². The summed E-state index contributed by atoms with van der Waals surface area (Å²) in [5.41, 5.74) is 3.01. The van der Waals surface area contributed by atoms with Crippen LogP contribution in [0.5, 0.6) is 0 Å². The van der Waals surface area contributed by atoms with Crippen molar-refractivity contribution in [2.24, 2.45) is 0 Å². The van der Waals surface area contributed by atoms with Gasteiger partial charge in [0.2, 0.25) is 11.7 Å². The van der Waals surface area contributed by atoms with E-state index in [0.717, 1.165) is 12.0 Å². The lowest BCUT2D eigenvalue weighted by Gasteiger charge is -2.11. The van der Waals surface area contributed by atoms with E-state index in [4.69, 9.17) is 9.15 Å². The number of carbonyl (C=O) groups excluding carboxylic acids is 2. The fraction of sp³-hybridized carbons (Fsp3) is 0.190. The molecule has 3 rings (SSSR count). The molecule has 1 atom stereocenters. The Labute approximate surface area is 151 Å². The van der Waals surface area contributed by atoms with Gasteiger partial charge in [-0.15, -0.1) is 0 Å². The number of rotatable bonds is 6. The minimum atomic E-state index is -0.872. The molecule has 5 heteroatoms. The number of esters is 1. The van der Waals surface area contributed by atoms with E-state index >= 15 is 0 Å². The highest BCUT2D eigenvalue weighted by Crippen LogP contribution is 2.15. The summed E-state index contributed by atoms with van der Waals surface area (Å²) in [4.78, 5) is 28.5. The topological polar surface area (TPSA) is 69.4 Å². The lowest BCUT2D eigenvalue weighted by molar-refractivity contribution is -0.140. The first kappa shape index (κ1) is 17.6. The summed E-state index contributed by atoms with van der Waals surface area (Å²) < 4.78 is 10.7. The van der Waals surface area contributed by atoms with Gasteiger partial charge in [-0.2, -0.15) is 0 Å². The molecule has 0 unspecified atom stereocenters. The number of ether oxygens (including phenoxy) is 1. The van der Waals surface area contributed by atoms with Crippen molar-refractivity contribution in [3.8, 4) is 0 Å². The number of oxazole rings is 1. The van der Waals surface area contributed by atoms with Crippen LogP contribution in [0.1, 0.15) is 35.7 Å². The van der Waals surface area contributed by atoms with Crippen LogP contribution in [0, 0.1) is 0 Å². The number of hydrogen-bond donors (Lipinski definition) is 0. The monoisotopic (exact) mass is 349 g/mol. The first-order chi connectivity index (χ1) is 12.6. The molecule has 2 aromatic carbocycles. The molecule has 0 spiro atoms. The summed E-state index contributed by atoms with van der Waals surface area (Å²) in [6.45, 7) is 3.60. The minimum Gasteiger partial charge on any atom is -0.451 e. The molecule has 0 fully saturated rings. The molecular weight excluding hydrogens is 330 g/mol. The predicted octanol–water partition coefficient (Wildman–Crippen LogP) is 4.22. The Morgan fingerprint density at radius 3 is 2.58 bits per heavy atom. The van der Waals surface area contributed by atoms with Gasteiger partial charge < -0.3 is 9.15 Å². The molecule has 3 aromatic rings. The lowest BCUT2D eigenvalue weighted by atomic mass is 10.0. The summed E-state index contributed by atoms with van der Waals surface area (Å²) in [7, 11) is 0. The number of hydrogen-bond acceptors (Lipinski definition) is 5. The van der Waals surface area contributed by atoms with Gasteiger partial charge in [-0.05, 0) is 31.0 Å². The zero-order valence-corrected chi connectivity index (χ0v) is 14.6. The van der Waals surface area contributed by atoms with Crippen LogP contribution in [0.2, 0.25) is 0 Å². The number of aromatic nitrogens is 1. The van der Waals surface area contributed by atoms with Crippen molar-refractivity contribution in [1.29, 1.82) is 0 Å². The molecule has 5 nitrogen and oxygen atoms in total. The summed E-state index contributed by atoms with van der Waals surface area (Å²) in [6, 6.07) is 14.6. The molecule has 0 saturated heterocycles. The Kier molecular flexibility index (Phi) is 5.27. The average Bonchev–Trinajstić information content (AvgIpc) is 3.09. The quantitative estimate of drug-likeness (QED) is 0.379. The van der Waals surface area contributed by atoms with Crippen LogP contribution in [-0.2, 0) is 16.0 Å². The number of para-hydroxylation sites is 2. The number of Topliss-reactive ketones (excluding diaryl/α,β-unsaturated/α-hetero) is 1. The van der Waals surface area contributed by atoms with E-state index in [1.54, 1.807) is 25.1 Å². The second-order valence-corrected chi connectivity index (χ2v) is 5.85. The molecule has 0 amide bonds. The van der Waals surface area contributed by atoms with Crippen molar-refractivity contribution in [3.05, 3.63) is 71.6 Å². The van der Waals surface area contributed by atoms with Gasteiger partial charge in [-0.1, -0.05) is 43.3 Å². The predicted molar refractivity (Wildman–Crippen MR) is 98.7 cm³/mol. The van der Waals surface area contributed by atoms with E-state index < -0.39 is 12.1 Å². The maximum atomic E-state index is 12.3. The van der Waals surface area contributed by atoms with E-state index in [9.17, 15) is 9.59 Å². The highest BCUT2D eigenvalue weighted by Gasteiger charge is 2.18. The molecule has 0 bridgehead atoms. The molecule has 0 N–H and O–H groups in total. The Bertz CT molecular complexity index is 921. The van der Waals surface area contributed by atoms with Crippen LogP contribution in [0.15, 0.2) is 59.0 Å². The largest absolute Gasteiger partial charge is 0.451 e. The Morgan fingerprint density at radius 2 is 1.88 bits per heavy atom. The maximum absolute atomic E-state index is 12.3. The maximum Gasteiger partial charge on any atom is 0.331 e. The molecule has 0 aliphatic heterocycles. The van der Waals surface area contributed by atoms with Crippen LogP contribution in [0.25, 0.3) is 17.2 Å². The van der Waals surface area contributed by atoms with Gasteiger partial charge in [0.05, 0.1) is 0 Å². The zero-order valence-electron chi connectivity index (χ0n) is 14.6. The average molecular weight is 349 g/mol. The van der Waals surface area contributed by atoms with Crippen LogP contribution in [0.4, 0.5) is 0 Å². The fourth-order valence-electron chi connectivity index (χ4n) is 2.51. The van der Waals surface area contributed by atoms with E-state index in [-0.39, 0.29) is 5.78 Å². The van der Waals surface area contributed by atoms with Crippen LogP contribution < -0.4 is 0 Å².